The van der Waals surface area contributed by atoms with Gasteiger partial charge in [0.2, 0.25) is 0 Å². The zero-order valence-electron chi connectivity index (χ0n) is 13.8. The normalized spacial score (nSPS) is 19.8. The first-order chi connectivity index (χ1) is 11.8. The van der Waals surface area contributed by atoms with E-state index in [1.165, 1.54) is 5.56 Å². The Morgan fingerprint density at radius 1 is 1.08 bits per heavy atom. The van der Waals surface area contributed by atoms with Crippen LogP contribution >= 0.6 is 23.7 Å². The third-order valence-corrected chi connectivity index (χ3v) is 5.93. The minimum Gasteiger partial charge on any atom is -0.338 e. The molecule has 0 unspecified atom stereocenters. The predicted molar refractivity (Wildman–Crippen MR) is 107 cm³/mol. The van der Waals surface area contributed by atoms with Crippen molar-refractivity contribution in [2.45, 2.75) is 5.92 Å². The van der Waals surface area contributed by atoms with Gasteiger partial charge in [0.1, 0.15) is 0 Å². The van der Waals surface area contributed by atoms with Gasteiger partial charge in [-0.05, 0) is 24.1 Å². The molecule has 2 aromatic carbocycles. The van der Waals surface area contributed by atoms with Crippen LogP contribution in [0.4, 0.5) is 0 Å². The molecule has 1 fully saturated rings. The smallest absolute Gasteiger partial charge is 0.255 e. The molecule has 0 radical (unpaired) electrons. The van der Waals surface area contributed by atoms with Crippen LogP contribution in [-0.2, 0) is 0 Å². The Labute approximate surface area is 157 Å². The standard InChI is InChI=1S/C20H20N2OS.ClH/c21-10-15-11-22(12-17(15)14-6-2-1-3-7-14)20(23)18-13-24-19-9-5-4-8-16(18)19;/h1-9,13,15,17H,10-12,21H2;1H/t15-,17+;/m1./s1. The number of fused-ring (bicyclic) bond motifs is 1. The maximum absolute atomic E-state index is 13.1. The largest absolute Gasteiger partial charge is 0.338 e. The fourth-order valence-electron chi connectivity index (χ4n) is 3.67. The van der Waals surface area contributed by atoms with Crippen molar-refractivity contribution >= 4 is 39.7 Å². The number of nitrogens with zero attached hydrogens (tertiary/aromatic N) is 1. The van der Waals surface area contributed by atoms with E-state index in [0.29, 0.717) is 18.4 Å². The molecule has 4 rings (SSSR count). The molecule has 2 atom stereocenters. The first-order valence-electron chi connectivity index (χ1n) is 8.28. The van der Waals surface area contributed by atoms with Crippen LogP contribution in [0.2, 0.25) is 0 Å². The number of rotatable bonds is 3. The Morgan fingerprint density at radius 2 is 1.80 bits per heavy atom. The number of carbonyl (C=O) groups excluding carboxylic acids is 1. The summed E-state index contributed by atoms with van der Waals surface area (Å²) >= 11 is 1.63. The van der Waals surface area contributed by atoms with Crippen molar-refractivity contribution in [3.8, 4) is 0 Å². The van der Waals surface area contributed by atoms with Crippen LogP contribution < -0.4 is 5.73 Å². The molecule has 2 N–H and O–H groups in total. The van der Waals surface area contributed by atoms with Gasteiger partial charge in [-0.3, -0.25) is 4.79 Å². The summed E-state index contributed by atoms with van der Waals surface area (Å²) in [5.41, 5.74) is 8.09. The van der Waals surface area contributed by atoms with Gasteiger partial charge in [0.25, 0.3) is 5.91 Å². The Morgan fingerprint density at radius 3 is 2.56 bits per heavy atom. The molecule has 2 heterocycles. The van der Waals surface area contributed by atoms with Gasteiger partial charge in [0.05, 0.1) is 5.56 Å². The van der Waals surface area contributed by atoms with E-state index in [2.05, 4.69) is 30.3 Å². The molecule has 1 saturated heterocycles. The van der Waals surface area contributed by atoms with Gasteiger partial charge in [0.15, 0.2) is 0 Å². The van der Waals surface area contributed by atoms with Crippen LogP contribution in [0.1, 0.15) is 21.8 Å². The second-order valence-electron chi connectivity index (χ2n) is 6.37. The molecule has 3 aromatic rings. The fraction of sp³-hybridized carbons (Fsp3) is 0.250. The van der Waals surface area contributed by atoms with E-state index in [-0.39, 0.29) is 18.3 Å². The van der Waals surface area contributed by atoms with Gasteiger partial charge in [-0.1, -0.05) is 48.5 Å². The second kappa shape index (κ2) is 7.56. The molecule has 1 amide bonds. The lowest BCUT2D eigenvalue weighted by molar-refractivity contribution is 0.0789. The van der Waals surface area contributed by atoms with Crippen molar-refractivity contribution in [2.24, 2.45) is 11.7 Å². The monoisotopic (exact) mass is 372 g/mol. The number of halogens is 1. The highest BCUT2D eigenvalue weighted by Crippen LogP contribution is 2.34. The Kier molecular flexibility index (Phi) is 5.42. The topological polar surface area (TPSA) is 46.3 Å². The van der Waals surface area contributed by atoms with Crippen LogP contribution in [0.3, 0.4) is 0 Å². The molecular formula is C20H21ClN2OS. The number of benzene rings is 2. The summed E-state index contributed by atoms with van der Waals surface area (Å²) in [5, 5.41) is 3.04. The quantitative estimate of drug-likeness (QED) is 0.751. The average Bonchev–Trinajstić information content (AvgIpc) is 3.26. The molecule has 130 valence electrons. The van der Waals surface area contributed by atoms with E-state index in [4.69, 9.17) is 5.73 Å². The maximum atomic E-state index is 13.1. The predicted octanol–water partition coefficient (Wildman–Crippen LogP) is 4.14. The highest BCUT2D eigenvalue weighted by atomic mass is 35.5. The van der Waals surface area contributed by atoms with Crippen LogP contribution in [-0.4, -0.2) is 30.4 Å². The lowest BCUT2D eigenvalue weighted by Gasteiger charge is -2.16. The number of hydrogen-bond donors (Lipinski definition) is 1. The third-order valence-electron chi connectivity index (χ3n) is 4.97. The highest BCUT2D eigenvalue weighted by molar-refractivity contribution is 7.17. The fourth-order valence-corrected chi connectivity index (χ4v) is 4.60. The first kappa shape index (κ1) is 17.9. The lowest BCUT2D eigenvalue weighted by Crippen LogP contribution is -2.29. The van der Waals surface area contributed by atoms with Crippen LogP contribution in [0.15, 0.2) is 60.0 Å². The first-order valence-corrected chi connectivity index (χ1v) is 9.16. The van der Waals surface area contributed by atoms with Gasteiger partial charge in [-0.15, -0.1) is 23.7 Å². The lowest BCUT2D eigenvalue weighted by atomic mass is 9.89. The number of nitrogens with two attached hydrogens (primary N) is 1. The Balaban J connectivity index is 0.00000182. The molecule has 1 aliphatic rings. The zero-order chi connectivity index (χ0) is 16.5. The van der Waals surface area contributed by atoms with Crippen molar-refractivity contribution in [3.63, 3.8) is 0 Å². The number of likely N-dealkylation sites (tertiary alicyclic amines) is 1. The van der Waals surface area contributed by atoms with Crippen LogP contribution in [0.5, 0.6) is 0 Å². The van der Waals surface area contributed by atoms with Gasteiger partial charge >= 0.3 is 0 Å². The molecule has 0 spiro atoms. The van der Waals surface area contributed by atoms with Gasteiger partial charge in [0, 0.05) is 34.5 Å². The van der Waals surface area contributed by atoms with Crippen molar-refractivity contribution in [1.29, 1.82) is 0 Å². The van der Waals surface area contributed by atoms with Gasteiger partial charge in [-0.2, -0.15) is 0 Å². The minimum absolute atomic E-state index is 0. The molecular weight excluding hydrogens is 352 g/mol. The van der Waals surface area contributed by atoms with Crippen molar-refractivity contribution in [3.05, 3.63) is 71.1 Å². The highest BCUT2D eigenvalue weighted by Gasteiger charge is 2.36. The molecule has 3 nitrogen and oxygen atoms in total. The summed E-state index contributed by atoms with van der Waals surface area (Å²) < 4.78 is 1.16. The second-order valence-corrected chi connectivity index (χ2v) is 7.28. The van der Waals surface area contributed by atoms with Crippen molar-refractivity contribution < 1.29 is 4.79 Å². The Bertz CT molecular complexity index is 864. The number of carbonyl (C=O) groups is 1. The van der Waals surface area contributed by atoms with Crippen LogP contribution in [0.25, 0.3) is 10.1 Å². The molecule has 1 aromatic heterocycles. The minimum atomic E-state index is 0. The summed E-state index contributed by atoms with van der Waals surface area (Å²) in [6, 6.07) is 18.5. The average molecular weight is 373 g/mol. The summed E-state index contributed by atoms with van der Waals surface area (Å²) in [5.74, 6) is 0.774. The molecule has 0 saturated carbocycles. The Hall–Kier alpha value is -1.88. The summed E-state index contributed by atoms with van der Waals surface area (Å²) in [6.07, 6.45) is 0. The van der Waals surface area contributed by atoms with Gasteiger partial charge in [-0.25, -0.2) is 0 Å². The number of hydrogen-bond acceptors (Lipinski definition) is 3. The van der Waals surface area contributed by atoms with Crippen molar-refractivity contribution in [2.75, 3.05) is 19.6 Å². The molecule has 0 bridgehead atoms. The molecule has 25 heavy (non-hydrogen) atoms. The van der Waals surface area contributed by atoms with E-state index in [1.54, 1.807) is 11.3 Å². The van der Waals surface area contributed by atoms with E-state index < -0.39 is 0 Å². The summed E-state index contributed by atoms with van der Waals surface area (Å²) in [7, 11) is 0. The number of amides is 1. The molecule has 5 heteroatoms. The SMILES string of the molecule is Cl.NC[C@@H]1CN(C(=O)c2csc3ccccc23)C[C@H]1c1ccccc1. The summed E-state index contributed by atoms with van der Waals surface area (Å²) in [4.78, 5) is 15.0. The van der Waals surface area contributed by atoms with Gasteiger partial charge < -0.3 is 10.6 Å². The molecule has 0 aliphatic carbocycles. The van der Waals surface area contributed by atoms with E-state index in [0.717, 1.165) is 28.7 Å². The third kappa shape index (κ3) is 3.30. The van der Waals surface area contributed by atoms with E-state index in [1.807, 2.05) is 34.5 Å². The van der Waals surface area contributed by atoms with Crippen LogP contribution in [0, 0.1) is 5.92 Å². The van der Waals surface area contributed by atoms with E-state index in [9.17, 15) is 4.79 Å². The van der Waals surface area contributed by atoms with Crippen molar-refractivity contribution in [1.82, 2.24) is 4.90 Å². The zero-order valence-corrected chi connectivity index (χ0v) is 15.4. The molecule has 1 aliphatic heterocycles. The summed E-state index contributed by atoms with van der Waals surface area (Å²) in [6.45, 7) is 2.09. The maximum Gasteiger partial charge on any atom is 0.255 e. The van der Waals surface area contributed by atoms with E-state index >= 15 is 0 Å². The number of thiophene rings is 1.